The molecule has 134 valence electrons. The van der Waals surface area contributed by atoms with E-state index in [1.807, 2.05) is 26.0 Å². The maximum absolute atomic E-state index is 11.9. The second kappa shape index (κ2) is 7.62. The second-order valence-corrected chi connectivity index (χ2v) is 6.36. The van der Waals surface area contributed by atoms with Crippen LogP contribution in [-0.2, 0) is 16.1 Å². The molecule has 0 saturated heterocycles. The topological polar surface area (TPSA) is 65.7 Å². The molecule has 0 saturated carbocycles. The fourth-order valence-electron chi connectivity index (χ4n) is 2.51. The third-order valence-corrected chi connectivity index (χ3v) is 4.28. The molecule has 0 unspecified atom stereocenters. The Morgan fingerprint density at radius 2 is 1.92 bits per heavy atom. The summed E-state index contributed by atoms with van der Waals surface area (Å²) < 4.78 is 15.8. The number of carbonyl (C=O) groups is 1. The maximum atomic E-state index is 11.9. The van der Waals surface area contributed by atoms with Crippen molar-refractivity contribution in [1.82, 2.24) is 0 Å². The van der Waals surface area contributed by atoms with Gasteiger partial charge in [-0.15, -0.1) is 0 Å². The normalized spacial score (nSPS) is 10.7. The highest BCUT2D eigenvalue weighted by molar-refractivity contribution is 6.31. The Labute approximate surface area is 155 Å². The van der Waals surface area contributed by atoms with E-state index in [4.69, 9.17) is 25.5 Å². The van der Waals surface area contributed by atoms with Crippen molar-refractivity contribution in [2.75, 3.05) is 6.61 Å². The van der Waals surface area contributed by atoms with Crippen molar-refractivity contribution in [3.05, 3.63) is 74.6 Å². The van der Waals surface area contributed by atoms with Gasteiger partial charge in [-0.3, -0.25) is 0 Å². The Morgan fingerprint density at radius 3 is 2.69 bits per heavy atom. The number of esters is 1. The third kappa shape index (κ3) is 4.24. The summed E-state index contributed by atoms with van der Waals surface area (Å²) in [6.07, 6.45) is 0. The molecule has 6 heteroatoms. The molecule has 0 radical (unpaired) electrons. The smallest absolute Gasteiger partial charge is 0.344 e. The third-order valence-electron chi connectivity index (χ3n) is 3.86. The summed E-state index contributed by atoms with van der Waals surface area (Å²) >= 11 is 5.95. The van der Waals surface area contributed by atoms with Crippen molar-refractivity contribution in [3.63, 3.8) is 0 Å². The molecule has 26 heavy (non-hydrogen) atoms. The number of fused-ring (bicyclic) bond motifs is 1. The van der Waals surface area contributed by atoms with Crippen LogP contribution in [0.15, 0.2) is 51.7 Å². The van der Waals surface area contributed by atoms with Gasteiger partial charge in [0.15, 0.2) is 6.61 Å². The molecule has 2 aromatic carbocycles. The largest absolute Gasteiger partial charge is 0.482 e. The zero-order valence-electron chi connectivity index (χ0n) is 14.4. The highest BCUT2D eigenvalue weighted by Gasteiger charge is 2.10. The SMILES string of the molecule is Cc1ccc2c(COC(=O)COc3ccc(Cl)c(C)c3)cc(=O)oc2c1. The average molecular weight is 373 g/mol. The summed E-state index contributed by atoms with van der Waals surface area (Å²) in [5.41, 5.74) is 2.40. The van der Waals surface area contributed by atoms with Crippen LogP contribution in [-0.4, -0.2) is 12.6 Å². The van der Waals surface area contributed by atoms with Gasteiger partial charge in [0.25, 0.3) is 0 Å². The van der Waals surface area contributed by atoms with Crippen molar-refractivity contribution in [1.29, 1.82) is 0 Å². The summed E-state index contributed by atoms with van der Waals surface area (Å²) in [4.78, 5) is 23.6. The quantitative estimate of drug-likeness (QED) is 0.496. The highest BCUT2D eigenvalue weighted by atomic mass is 35.5. The van der Waals surface area contributed by atoms with E-state index in [9.17, 15) is 9.59 Å². The van der Waals surface area contributed by atoms with Gasteiger partial charge < -0.3 is 13.9 Å². The van der Waals surface area contributed by atoms with E-state index in [0.29, 0.717) is 21.9 Å². The minimum Gasteiger partial charge on any atom is -0.482 e. The van der Waals surface area contributed by atoms with Crippen LogP contribution < -0.4 is 10.4 Å². The summed E-state index contributed by atoms with van der Waals surface area (Å²) in [6.45, 7) is 3.48. The Hall–Kier alpha value is -2.79. The number of hydrogen-bond donors (Lipinski definition) is 0. The molecule has 1 heterocycles. The molecule has 3 rings (SSSR count). The molecule has 5 nitrogen and oxygen atoms in total. The first-order valence-corrected chi connectivity index (χ1v) is 8.38. The van der Waals surface area contributed by atoms with Crippen molar-refractivity contribution >= 4 is 28.5 Å². The van der Waals surface area contributed by atoms with Crippen LogP contribution in [0.1, 0.15) is 16.7 Å². The van der Waals surface area contributed by atoms with Gasteiger partial charge in [0, 0.05) is 22.0 Å². The number of hydrogen-bond acceptors (Lipinski definition) is 5. The molecule has 0 aliphatic carbocycles. The van der Waals surface area contributed by atoms with Gasteiger partial charge in [-0.1, -0.05) is 23.7 Å². The lowest BCUT2D eigenvalue weighted by Crippen LogP contribution is -2.15. The number of carbonyl (C=O) groups excluding carboxylic acids is 1. The highest BCUT2D eigenvalue weighted by Crippen LogP contribution is 2.21. The van der Waals surface area contributed by atoms with Gasteiger partial charge in [-0.25, -0.2) is 9.59 Å². The van der Waals surface area contributed by atoms with Crippen LogP contribution in [0.3, 0.4) is 0 Å². The van der Waals surface area contributed by atoms with Crippen molar-refractivity contribution in [2.24, 2.45) is 0 Å². The molecule has 0 N–H and O–H groups in total. The van der Waals surface area contributed by atoms with Gasteiger partial charge in [-0.2, -0.15) is 0 Å². The van der Waals surface area contributed by atoms with Gasteiger partial charge in [0.2, 0.25) is 0 Å². The van der Waals surface area contributed by atoms with E-state index < -0.39 is 11.6 Å². The van der Waals surface area contributed by atoms with Crippen LogP contribution >= 0.6 is 11.6 Å². The molecule has 1 aromatic heterocycles. The zero-order valence-corrected chi connectivity index (χ0v) is 15.1. The summed E-state index contributed by atoms with van der Waals surface area (Å²) in [6, 6.07) is 12.0. The van der Waals surface area contributed by atoms with E-state index in [2.05, 4.69) is 0 Å². The van der Waals surface area contributed by atoms with Crippen LogP contribution in [0.5, 0.6) is 5.75 Å². The van der Waals surface area contributed by atoms with E-state index >= 15 is 0 Å². The molecular weight excluding hydrogens is 356 g/mol. The monoisotopic (exact) mass is 372 g/mol. The van der Waals surface area contributed by atoms with Crippen molar-refractivity contribution in [3.8, 4) is 5.75 Å². The van der Waals surface area contributed by atoms with Crippen LogP contribution in [0.2, 0.25) is 5.02 Å². The molecule has 3 aromatic rings. The van der Waals surface area contributed by atoms with Gasteiger partial charge in [0.05, 0.1) is 0 Å². The number of rotatable bonds is 5. The first-order valence-electron chi connectivity index (χ1n) is 8.00. The molecule has 0 aliphatic rings. The Balaban J connectivity index is 1.65. The predicted molar refractivity (Wildman–Crippen MR) is 98.7 cm³/mol. The summed E-state index contributed by atoms with van der Waals surface area (Å²) in [5.74, 6) is -0.00349. The minimum atomic E-state index is -0.536. The Kier molecular flexibility index (Phi) is 5.28. The van der Waals surface area contributed by atoms with Gasteiger partial charge in [-0.05, 0) is 49.2 Å². The maximum Gasteiger partial charge on any atom is 0.344 e. The number of halogens is 1. The standard InChI is InChI=1S/C20H17ClO5/c1-12-3-5-16-14(9-19(22)26-18(16)7-12)10-25-20(23)11-24-15-4-6-17(21)13(2)8-15/h3-9H,10-11H2,1-2H3. The van der Waals surface area contributed by atoms with Gasteiger partial charge >= 0.3 is 11.6 Å². The number of ether oxygens (including phenoxy) is 2. The Bertz CT molecular complexity index is 1020. The first kappa shape index (κ1) is 18.0. The van der Waals surface area contributed by atoms with E-state index in [1.165, 1.54) is 6.07 Å². The second-order valence-electron chi connectivity index (χ2n) is 5.95. The average Bonchev–Trinajstić information content (AvgIpc) is 2.60. The Morgan fingerprint density at radius 1 is 1.12 bits per heavy atom. The molecular formula is C20H17ClO5. The lowest BCUT2D eigenvalue weighted by atomic mass is 10.1. The van der Waals surface area contributed by atoms with Crippen LogP contribution in [0.25, 0.3) is 11.0 Å². The van der Waals surface area contributed by atoms with Crippen LogP contribution in [0, 0.1) is 13.8 Å². The van der Waals surface area contributed by atoms with E-state index in [1.54, 1.807) is 24.3 Å². The van der Waals surface area contributed by atoms with Crippen molar-refractivity contribution < 1.29 is 18.7 Å². The summed E-state index contributed by atoms with van der Waals surface area (Å²) in [5, 5.41) is 1.36. The zero-order chi connectivity index (χ0) is 18.7. The van der Waals surface area contributed by atoms with Crippen LogP contribution in [0.4, 0.5) is 0 Å². The molecule has 0 spiro atoms. The lowest BCUT2D eigenvalue weighted by Gasteiger charge is -2.09. The molecule has 0 aliphatic heterocycles. The minimum absolute atomic E-state index is 0.0347. The fraction of sp³-hybridized carbons (Fsp3) is 0.200. The molecule has 0 bridgehead atoms. The predicted octanol–water partition coefficient (Wildman–Crippen LogP) is 4.19. The summed E-state index contributed by atoms with van der Waals surface area (Å²) in [7, 11) is 0. The molecule has 0 fully saturated rings. The number of benzene rings is 2. The molecule has 0 atom stereocenters. The number of aryl methyl sites for hydroxylation is 2. The van der Waals surface area contributed by atoms with Crippen molar-refractivity contribution in [2.45, 2.75) is 20.5 Å². The van der Waals surface area contributed by atoms with E-state index in [-0.39, 0.29) is 13.2 Å². The molecule has 0 amide bonds. The first-order chi connectivity index (χ1) is 12.4. The fourth-order valence-corrected chi connectivity index (χ4v) is 2.62. The van der Waals surface area contributed by atoms with Gasteiger partial charge in [0.1, 0.15) is 17.9 Å². The van der Waals surface area contributed by atoms with E-state index in [0.717, 1.165) is 16.5 Å². The lowest BCUT2D eigenvalue weighted by molar-refractivity contribution is -0.147.